The maximum absolute atomic E-state index is 13.6. The Kier molecular flexibility index (Phi) is 9.09. The summed E-state index contributed by atoms with van der Waals surface area (Å²) in [5.74, 6) is 6.47. The zero-order valence-corrected chi connectivity index (χ0v) is 23.6. The van der Waals surface area contributed by atoms with Crippen LogP contribution in [0.4, 0.5) is 32.2 Å². The highest BCUT2D eigenvalue weighted by Gasteiger charge is 2.37. The molecule has 4 rings (SSSR count). The van der Waals surface area contributed by atoms with Crippen LogP contribution >= 0.6 is 0 Å². The van der Waals surface area contributed by atoms with Crippen LogP contribution in [0.2, 0.25) is 0 Å². The van der Waals surface area contributed by atoms with Gasteiger partial charge in [0.25, 0.3) is 5.71 Å². The third-order valence-corrected chi connectivity index (χ3v) is 7.30. The van der Waals surface area contributed by atoms with Crippen molar-refractivity contribution in [3.05, 3.63) is 52.2 Å². The van der Waals surface area contributed by atoms with E-state index in [1.807, 2.05) is 6.92 Å². The minimum atomic E-state index is -4.99. The molecular formula is C27H34F6N8O. The van der Waals surface area contributed by atoms with Crippen molar-refractivity contribution in [1.29, 1.82) is 0 Å². The van der Waals surface area contributed by atoms with Gasteiger partial charge in [0.15, 0.2) is 0 Å². The van der Waals surface area contributed by atoms with Crippen molar-refractivity contribution >= 4 is 22.9 Å². The second-order valence-electron chi connectivity index (χ2n) is 10.6. The first-order valence-electron chi connectivity index (χ1n) is 13.5. The molecular weight excluding hydrogens is 566 g/mol. The summed E-state index contributed by atoms with van der Waals surface area (Å²) in [6.07, 6.45) is -5.52. The van der Waals surface area contributed by atoms with Crippen LogP contribution in [0, 0.1) is 12.8 Å². The number of aryl methyl sites for hydroxylation is 1. The van der Waals surface area contributed by atoms with Gasteiger partial charge >= 0.3 is 12.4 Å². The van der Waals surface area contributed by atoms with E-state index < -0.39 is 30.0 Å². The Balaban J connectivity index is 1.79. The summed E-state index contributed by atoms with van der Waals surface area (Å²) in [5.41, 5.74) is 4.63. The van der Waals surface area contributed by atoms with Gasteiger partial charge in [0.2, 0.25) is 5.96 Å². The fourth-order valence-electron chi connectivity index (χ4n) is 5.26. The Morgan fingerprint density at radius 1 is 1.02 bits per heavy atom. The molecule has 4 N–H and O–H groups in total. The molecule has 2 aromatic heterocycles. The number of anilines is 1. The number of fused-ring (bicyclic) bond motifs is 1. The van der Waals surface area contributed by atoms with E-state index in [2.05, 4.69) is 15.2 Å². The molecule has 1 fully saturated rings. The maximum atomic E-state index is 13.6. The molecule has 0 saturated heterocycles. The van der Waals surface area contributed by atoms with Crippen molar-refractivity contribution < 1.29 is 30.9 Å². The molecule has 2 heterocycles. The second kappa shape index (κ2) is 12.2. The monoisotopic (exact) mass is 600 g/mol. The zero-order valence-electron chi connectivity index (χ0n) is 23.6. The van der Waals surface area contributed by atoms with E-state index in [-0.39, 0.29) is 24.1 Å². The van der Waals surface area contributed by atoms with Crippen molar-refractivity contribution in [2.45, 2.75) is 65.0 Å². The number of hydrogen-bond acceptors (Lipinski definition) is 7. The van der Waals surface area contributed by atoms with Crippen molar-refractivity contribution in [3.8, 4) is 0 Å². The van der Waals surface area contributed by atoms with Crippen LogP contribution in [0.25, 0.3) is 11.1 Å². The number of benzene rings is 1. The van der Waals surface area contributed by atoms with E-state index in [0.717, 1.165) is 37.3 Å². The highest BCUT2D eigenvalue weighted by atomic mass is 19.4. The minimum Gasteiger partial charge on any atom is -0.368 e. The first-order chi connectivity index (χ1) is 19.7. The molecule has 0 amide bonds. The van der Waals surface area contributed by atoms with Gasteiger partial charge in [-0.1, -0.05) is 18.0 Å². The summed E-state index contributed by atoms with van der Waals surface area (Å²) in [7, 11) is 1.39. The molecule has 15 heteroatoms. The first kappa shape index (κ1) is 31.2. The molecule has 3 aromatic rings. The van der Waals surface area contributed by atoms with Crippen LogP contribution in [-0.2, 0) is 25.4 Å². The fourth-order valence-corrected chi connectivity index (χ4v) is 5.26. The predicted molar refractivity (Wildman–Crippen MR) is 146 cm³/mol. The van der Waals surface area contributed by atoms with Crippen molar-refractivity contribution in [3.63, 3.8) is 0 Å². The number of hydrazone groups is 1. The topological polar surface area (TPSA) is 113 Å². The van der Waals surface area contributed by atoms with Crippen LogP contribution < -0.4 is 16.5 Å². The van der Waals surface area contributed by atoms with E-state index in [1.54, 1.807) is 13.0 Å². The quantitative estimate of drug-likeness (QED) is 0.107. The third kappa shape index (κ3) is 7.36. The van der Waals surface area contributed by atoms with E-state index >= 15 is 0 Å². The number of aromatic nitrogens is 2. The van der Waals surface area contributed by atoms with Crippen LogP contribution in [0.3, 0.4) is 0 Å². The maximum Gasteiger partial charge on any atom is 0.416 e. The Bertz CT molecular complexity index is 1380. The molecule has 42 heavy (non-hydrogen) atoms. The number of halogens is 6. The Hall–Kier alpha value is -3.75. The molecule has 0 spiro atoms. The van der Waals surface area contributed by atoms with Gasteiger partial charge in [-0.2, -0.15) is 31.3 Å². The summed E-state index contributed by atoms with van der Waals surface area (Å²) in [6, 6.07) is 3.24. The van der Waals surface area contributed by atoms with Crippen LogP contribution in [0.5, 0.6) is 0 Å². The van der Waals surface area contributed by atoms with Gasteiger partial charge in [0.05, 0.1) is 22.2 Å². The molecule has 1 aliphatic carbocycles. The summed E-state index contributed by atoms with van der Waals surface area (Å²) in [4.78, 5) is 8.19. The largest absolute Gasteiger partial charge is 0.416 e. The van der Waals surface area contributed by atoms with Crippen LogP contribution in [0.1, 0.15) is 60.6 Å². The molecule has 0 radical (unpaired) electrons. The highest BCUT2D eigenvalue weighted by molar-refractivity contribution is 5.81. The van der Waals surface area contributed by atoms with Crippen molar-refractivity contribution in [2.24, 2.45) is 22.6 Å². The number of rotatable bonds is 9. The summed E-state index contributed by atoms with van der Waals surface area (Å²) >= 11 is 0. The smallest absolute Gasteiger partial charge is 0.368 e. The number of hydrogen-bond donors (Lipinski definition) is 2. The number of guanidine groups is 1. The molecule has 0 atom stereocenters. The number of nitrogens with two attached hydrogens (primary N) is 2. The number of nitrogens with zero attached hydrogens (tertiary/aromatic N) is 6. The molecule has 0 aliphatic heterocycles. The molecule has 1 aliphatic rings. The third-order valence-electron chi connectivity index (χ3n) is 7.30. The lowest BCUT2D eigenvalue weighted by Gasteiger charge is -2.30. The van der Waals surface area contributed by atoms with Gasteiger partial charge in [0.1, 0.15) is 5.82 Å². The van der Waals surface area contributed by atoms with E-state index in [4.69, 9.17) is 21.1 Å². The number of pyridine rings is 1. The normalized spacial score (nSPS) is 15.0. The van der Waals surface area contributed by atoms with E-state index in [9.17, 15) is 26.3 Å². The van der Waals surface area contributed by atoms with Crippen molar-refractivity contribution in [1.82, 2.24) is 20.2 Å². The minimum absolute atomic E-state index is 0.0508. The average molecular weight is 601 g/mol. The van der Waals surface area contributed by atoms with Gasteiger partial charge in [-0.15, -0.1) is 5.10 Å². The zero-order chi connectivity index (χ0) is 30.8. The SMILES string of the molecule is CCN(CC1CCCC1)c1nc2onc(C)c2cc1CN(Cc1cc(C(F)(F)F)cc(C(F)(F)F)c1)/C(N)=N/N(C)N. The van der Waals surface area contributed by atoms with Gasteiger partial charge in [-0.05, 0) is 62.4 Å². The Labute approximate surface area is 239 Å². The lowest BCUT2D eigenvalue weighted by atomic mass is 10.0. The lowest BCUT2D eigenvalue weighted by Crippen LogP contribution is -2.40. The van der Waals surface area contributed by atoms with Gasteiger partial charge in [-0.3, -0.25) is 0 Å². The molecule has 230 valence electrons. The van der Waals surface area contributed by atoms with E-state index in [1.165, 1.54) is 11.9 Å². The molecule has 0 unspecified atom stereocenters. The van der Waals surface area contributed by atoms with Gasteiger partial charge in [0, 0.05) is 38.8 Å². The number of alkyl halides is 6. The second-order valence-corrected chi connectivity index (χ2v) is 10.6. The average Bonchev–Trinajstić information content (AvgIpc) is 3.54. The molecule has 0 bridgehead atoms. The summed E-state index contributed by atoms with van der Waals surface area (Å²) in [6.45, 7) is 4.58. The lowest BCUT2D eigenvalue weighted by molar-refractivity contribution is -0.143. The Morgan fingerprint density at radius 2 is 1.64 bits per heavy atom. The molecule has 1 aromatic carbocycles. The molecule has 9 nitrogen and oxygen atoms in total. The van der Waals surface area contributed by atoms with Crippen LogP contribution in [-0.4, -0.2) is 46.3 Å². The van der Waals surface area contributed by atoms with Crippen molar-refractivity contribution in [2.75, 3.05) is 25.0 Å². The fraction of sp³-hybridized carbons (Fsp3) is 0.519. The first-order valence-corrected chi connectivity index (χ1v) is 13.5. The van der Waals surface area contributed by atoms with Gasteiger partial charge in [-0.25, -0.2) is 11.0 Å². The predicted octanol–water partition coefficient (Wildman–Crippen LogP) is 5.62. The highest BCUT2D eigenvalue weighted by Crippen LogP contribution is 2.37. The van der Waals surface area contributed by atoms with Gasteiger partial charge < -0.3 is 20.1 Å². The summed E-state index contributed by atoms with van der Waals surface area (Å²) in [5, 5.41) is 9.51. The Morgan fingerprint density at radius 3 is 2.19 bits per heavy atom. The standard InChI is InChI=1S/C27H34F6N8O/c1-4-40(13-17-7-5-6-8-17)23-19(11-22-16(2)38-42-24(22)36-23)15-41(25(34)37-39(3)35)14-18-9-20(26(28,29)30)12-21(10-18)27(31,32)33/h9-12,17H,4-8,13-15,35H2,1-3H3,(H2,34,37). The molecule has 1 saturated carbocycles. The number of hydrazine groups is 1. The van der Waals surface area contributed by atoms with Crippen LogP contribution in [0.15, 0.2) is 33.9 Å². The summed E-state index contributed by atoms with van der Waals surface area (Å²) < 4.78 is 86.9. The van der Waals surface area contributed by atoms with E-state index in [0.29, 0.717) is 52.8 Å².